The number of unbranched alkanes of at least 4 members (excludes halogenated alkanes) is 2. The van der Waals surface area contributed by atoms with E-state index in [0.717, 1.165) is 0 Å². The van der Waals surface area contributed by atoms with Crippen molar-refractivity contribution < 1.29 is 16.3 Å². The second-order valence-electron chi connectivity index (χ2n) is 2.76. The molecular formula is C11H15BrZn. The first-order valence-corrected chi connectivity index (χ1v) is 11.5. The van der Waals surface area contributed by atoms with E-state index in [2.05, 4.69) is 57.3 Å². The van der Waals surface area contributed by atoms with Crippen LogP contribution in [0.15, 0.2) is 30.3 Å². The summed E-state index contributed by atoms with van der Waals surface area (Å²) in [4.78, 5) is 0. The normalized spacial score (nSPS) is 8.62. The van der Waals surface area contributed by atoms with Crippen LogP contribution in [0.25, 0.3) is 0 Å². The van der Waals surface area contributed by atoms with Crippen LogP contribution in [0.5, 0.6) is 0 Å². The van der Waals surface area contributed by atoms with Gasteiger partial charge in [0.05, 0.1) is 0 Å². The van der Waals surface area contributed by atoms with Gasteiger partial charge in [0.1, 0.15) is 0 Å². The molecule has 0 heterocycles. The van der Waals surface area contributed by atoms with Crippen LogP contribution in [0.3, 0.4) is 0 Å². The quantitative estimate of drug-likeness (QED) is 0.441. The summed E-state index contributed by atoms with van der Waals surface area (Å²) in [6, 6.07) is 10.5. The van der Waals surface area contributed by atoms with Crippen molar-refractivity contribution in [3.8, 4) is 0 Å². The molecule has 0 saturated carbocycles. The van der Waals surface area contributed by atoms with Crippen LogP contribution in [0, 0.1) is 6.42 Å². The van der Waals surface area contributed by atoms with Crippen molar-refractivity contribution in [2.45, 2.75) is 26.2 Å². The molecule has 2 heteroatoms. The van der Waals surface area contributed by atoms with E-state index in [4.69, 9.17) is 0 Å². The van der Waals surface area contributed by atoms with Crippen LogP contribution in [0.2, 0.25) is 0 Å². The summed E-state index contributed by atoms with van der Waals surface area (Å²) in [6.07, 6.45) is 6.09. The van der Waals surface area contributed by atoms with E-state index in [1.165, 1.54) is 41.2 Å². The van der Waals surface area contributed by atoms with E-state index in [0.29, 0.717) is 0 Å². The van der Waals surface area contributed by atoms with Crippen LogP contribution < -0.4 is 0 Å². The topological polar surface area (TPSA) is 0 Å². The van der Waals surface area contributed by atoms with Gasteiger partial charge in [0.15, 0.2) is 0 Å². The molecule has 1 rings (SSSR count). The Bertz CT molecular complexity index is 187. The summed E-state index contributed by atoms with van der Waals surface area (Å²) in [6.45, 7) is 2.22. The van der Waals surface area contributed by atoms with Gasteiger partial charge >= 0.3 is 30.0 Å². The molecule has 13 heavy (non-hydrogen) atoms. The van der Waals surface area contributed by atoms with Gasteiger partial charge in [-0.15, -0.1) is 12.1 Å². The predicted octanol–water partition coefficient (Wildman–Crippen LogP) is 4.27. The first-order chi connectivity index (χ1) is 6.43. The zero-order valence-electron chi connectivity index (χ0n) is 8.17. The summed E-state index contributed by atoms with van der Waals surface area (Å²) in [5.74, 6) is 0. The molecule has 0 spiro atoms. The Labute approximate surface area is 98.2 Å². The second kappa shape index (κ2) is 10.3. The van der Waals surface area contributed by atoms with Crippen molar-refractivity contribution in [1.82, 2.24) is 0 Å². The number of hydrogen-bond donors (Lipinski definition) is 0. The van der Waals surface area contributed by atoms with Crippen LogP contribution in [0.4, 0.5) is 0 Å². The monoisotopic (exact) mass is 290 g/mol. The van der Waals surface area contributed by atoms with Gasteiger partial charge < -0.3 is 0 Å². The average molecular weight is 293 g/mol. The zero-order valence-corrected chi connectivity index (χ0v) is 12.7. The SMILES string of the molecule is CCCC[CH-]c1ccccc1.[Zn+][Br]. The van der Waals surface area contributed by atoms with Gasteiger partial charge in [-0.2, -0.15) is 24.1 Å². The molecule has 68 valence electrons. The standard InChI is InChI=1S/C11H15.BrH.Zn/c1-2-3-5-8-11-9-6-4-7-10-11;;/h4,6-10H,2-3,5H2,1H3;1H;/q-1;;+2/p-1. The minimum absolute atomic E-state index is 1.19. The molecule has 0 amide bonds. The van der Waals surface area contributed by atoms with E-state index in [1.54, 1.807) is 0 Å². The van der Waals surface area contributed by atoms with E-state index < -0.39 is 0 Å². The average Bonchev–Trinajstić information content (AvgIpc) is 2.23. The van der Waals surface area contributed by atoms with Crippen LogP contribution in [-0.2, 0) is 16.3 Å². The summed E-state index contributed by atoms with van der Waals surface area (Å²) < 4.78 is 0. The number of halogens is 1. The van der Waals surface area contributed by atoms with Crippen molar-refractivity contribution >= 4 is 13.6 Å². The number of hydrogen-bond acceptors (Lipinski definition) is 0. The van der Waals surface area contributed by atoms with Gasteiger partial charge in [-0.1, -0.05) is 32.3 Å². The first-order valence-electron chi connectivity index (χ1n) is 4.58. The summed E-state index contributed by atoms with van der Waals surface area (Å²) in [5.41, 5.74) is 1.35. The fourth-order valence-corrected chi connectivity index (χ4v) is 1.06. The fraction of sp³-hybridized carbons (Fsp3) is 0.364. The third-order valence-corrected chi connectivity index (χ3v) is 1.74. The third kappa shape index (κ3) is 7.28. The Kier molecular flexibility index (Phi) is 10.4. The minimum atomic E-state index is 1.19. The van der Waals surface area contributed by atoms with Gasteiger partial charge in [-0.05, 0) is 0 Å². The molecule has 1 aromatic rings. The molecular weight excluding hydrogens is 277 g/mol. The number of benzene rings is 1. The molecule has 0 fully saturated rings. The molecule has 0 bridgehead atoms. The van der Waals surface area contributed by atoms with E-state index >= 15 is 0 Å². The fourth-order valence-electron chi connectivity index (χ4n) is 1.06. The van der Waals surface area contributed by atoms with Crippen molar-refractivity contribution in [3.05, 3.63) is 42.3 Å². The third-order valence-electron chi connectivity index (χ3n) is 1.74. The molecule has 0 nitrogen and oxygen atoms in total. The van der Waals surface area contributed by atoms with Gasteiger partial charge in [0.25, 0.3) is 0 Å². The molecule has 0 aromatic heterocycles. The Hall–Kier alpha value is 0.193. The second-order valence-corrected chi connectivity index (χ2v) is 2.76. The maximum absolute atomic E-state index is 3.06. The number of rotatable bonds is 4. The Balaban J connectivity index is 0.000000671. The van der Waals surface area contributed by atoms with Crippen molar-refractivity contribution in [3.63, 3.8) is 0 Å². The van der Waals surface area contributed by atoms with Gasteiger partial charge in [-0.25, -0.2) is 0 Å². The first kappa shape index (κ1) is 13.2. The van der Waals surface area contributed by atoms with E-state index in [9.17, 15) is 0 Å². The molecule has 0 unspecified atom stereocenters. The molecule has 0 aliphatic rings. The summed E-state index contributed by atoms with van der Waals surface area (Å²) >= 11 is 4.25. The Morgan fingerprint density at radius 2 is 1.85 bits per heavy atom. The Morgan fingerprint density at radius 1 is 1.23 bits per heavy atom. The van der Waals surface area contributed by atoms with Gasteiger partial charge in [0.2, 0.25) is 0 Å². The molecule has 1 aromatic carbocycles. The molecule has 0 N–H and O–H groups in total. The molecule has 0 saturated heterocycles. The van der Waals surface area contributed by atoms with E-state index in [-0.39, 0.29) is 0 Å². The summed E-state index contributed by atoms with van der Waals surface area (Å²) in [7, 11) is 0. The van der Waals surface area contributed by atoms with Crippen LogP contribution >= 0.6 is 13.6 Å². The van der Waals surface area contributed by atoms with Gasteiger partial charge in [0, 0.05) is 0 Å². The van der Waals surface area contributed by atoms with Crippen molar-refractivity contribution in [2.75, 3.05) is 0 Å². The van der Waals surface area contributed by atoms with Crippen LogP contribution in [-0.4, -0.2) is 0 Å². The van der Waals surface area contributed by atoms with Gasteiger partial charge in [-0.3, -0.25) is 0 Å². The van der Waals surface area contributed by atoms with E-state index in [1.807, 2.05) is 0 Å². The molecule has 0 atom stereocenters. The predicted molar refractivity (Wildman–Crippen MR) is 58.3 cm³/mol. The maximum atomic E-state index is 3.06. The van der Waals surface area contributed by atoms with Crippen LogP contribution in [0.1, 0.15) is 31.7 Å². The Morgan fingerprint density at radius 3 is 2.38 bits per heavy atom. The van der Waals surface area contributed by atoms with Crippen molar-refractivity contribution in [1.29, 1.82) is 0 Å². The van der Waals surface area contributed by atoms with Crippen molar-refractivity contribution in [2.24, 2.45) is 0 Å². The molecule has 0 radical (unpaired) electrons. The zero-order chi connectivity index (χ0) is 9.94. The molecule has 0 aliphatic carbocycles. The molecule has 0 aliphatic heterocycles. The summed E-state index contributed by atoms with van der Waals surface area (Å²) in [5, 5.41) is 0.